The molecule has 0 atom stereocenters. The summed E-state index contributed by atoms with van der Waals surface area (Å²) in [7, 11) is 0. The molecule has 4 nitrogen and oxygen atoms in total. The SMILES string of the molecule is O=C(Nc1cc(Br)ccc1O)c1cccnc1. The molecule has 0 unspecified atom stereocenters. The van der Waals surface area contributed by atoms with Gasteiger partial charge >= 0.3 is 0 Å². The molecule has 2 aromatic rings. The number of amides is 1. The molecule has 0 spiro atoms. The lowest BCUT2D eigenvalue weighted by Gasteiger charge is -2.07. The van der Waals surface area contributed by atoms with Crippen molar-refractivity contribution >= 4 is 27.5 Å². The number of halogens is 1. The number of pyridine rings is 1. The Balaban J connectivity index is 2.22. The molecule has 0 radical (unpaired) electrons. The topological polar surface area (TPSA) is 62.2 Å². The lowest BCUT2D eigenvalue weighted by Crippen LogP contribution is -2.12. The number of rotatable bonds is 2. The van der Waals surface area contributed by atoms with Crippen LogP contribution < -0.4 is 5.32 Å². The highest BCUT2D eigenvalue weighted by Crippen LogP contribution is 2.27. The minimum absolute atomic E-state index is 0.0189. The highest BCUT2D eigenvalue weighted by Gasteiger charge is 2.08. The van der Waals surface area contributed by atoms with Crippen molar-refractivity contribution in [1.29, 1.82) is 0 Å². The Morgan fingerprint density at radius 1 is 1.35 bits per heavy atom. The van der Waals surface area contributed by atoms with Gasteiger partial charge in [-0.1, -0.05) is 15.9 Å². The molecule has 0 fully saturated rings. The van der Waals surface area contributed by atoms with Crippen LogP contribution in [0, 0.1) is 0 Å². The zero-order valence-electron chi connectivity index (χ0n) is 8.72. The molecule has 0 aliphatic rings. The van der Waals surface area contributed by atoms with E-state index in [0.29, 0.717) is 11.3 Å². The third-order valence-corrected chi connectivity index (χ3v) is 2.62. The molecule has 5 heteroatoms. The number of benzene rings is 1. The molecule has 0 bridgehead atoms. The van der Waals surface area contributed by atoms with Gasteiger partial charge in [0.15, 0.2) is 0 Å². The first-order chi connectivity index (χ1) is 8.16. The molecule has 0 aliphatic heterocycles. The molecule has 1 heterocycles. The van der Waals surface area contributed by atoms with Gasteiger partial charge in [0.1, 0.15) is 5.75 Å². The average Bonchev–Trinajstić information content (AvgIpc) is 2.35. The predicted octanol–water partition coefficient (Wildman–Crippen LogP) is 2.80. The van der Waals surface area contributed by atoms with Crippen molar-refractivity contribution in [3.8, 4) is 5.75 Å². The fourth-order valence-electron chi connectivity index (χ4n) is 1.30. The van der Waals surface area contributed by atoms with E-state index in [1.54, 1.807) is 30.5 Å². The van der Waals surface area contributed by atoms with Crippen LogP contribution in [0.1, 0.15) is 10.4 Å². The maximum atomic E-state index is 11.8. The minimum Gasteiger partial charge on any atom is -0.506 e. The van der Waals surface area contributed by atoms with Crippen molar-refractivity contribution in [2.24, 2.45) is 0 Å². The van der Waals surface area contributed by atoms with E-state index in [1.807, 2.05) is 0 Å². The monoisotopic (exact) mass is 292 g/mol. The number of aromatic nitrogens is 1. The maximum absolute atomic E-state index is 11.8. The van der Waals surface area contributed by atoms with Crippen LogP contribution in [-0.2, 0) is 0 Å². The number of hydrogen-bond acceptors (Lipinski definition) is 3. The smallest absolute Gasteiger partial charge is 0.257 e. The van der Waals surface area contributed by atoms with Gasteiger partial charge in [0.25, 0.3) is 5.91 Å². The standard InChI is InChI=1S/C12H9BrN2O2/c13-9-3-4-11(16)10(6-9)15-12(17)8-2-1-5-14-7-8/h1-7,16H,(H,15,17). The van der Waals surface area contributed by atoms with Crippen molar-refractivity contribution in [3.63, 3.8) is 0 Å². The summed E-state index contributed by atoms with van der Waals surface area (Å²) >= 11 is 3.27. The van der Waals surface area contributed by atoms with Crippen LogP contribution in [-0.4, -0.2) is 16.0 Å². The van der Waals surface area contributed by atoms with Crippen LogP contribution in [0.15, 0.2) is 47.2 Å². The van der Waals surface area contributed by atoms with E-state index < -0.39 is 0 Å². The lowest BCUT2D eigenvalue weighted by molar-refractivity contribution is 0.102. The zero-order chi connectivity index (χ0) is 12.3. The summed E-state index contributed by atoms with van der Waals surface area (Å²) in [6.07, 6.45) is 3.05. The largest absolute Gasteiger partial charge is 0.506 e. The van der Waals surface area contributed by atoms with E-state index in [9.17, 15) is 9.90 Å². The Kier molecular flexibility index (Phi) is 3.39. The summed E-state index contributed by atoms with van der Waals surface area (Å²) in [5.74, 6) is -0.294. The van der Waals surface area contributed by atoms with Crippen molar-refractivity contribution in [1.82, 2.24) is 4.98 Å². The van der Waals surface area contributed by atoms with Crippen molar-refractivity contribution in [2.75, 3.05) is 5.32 Å². The van der Waals surface area contributed by atoms with Crippen molar-refractivity contribution < 1.29 is 9.90 Å². The summed E-state index contributed by atoms with van der Waals surface area (Å²) in [6, 6.07) is 8.15. The van der Waals surface area contributed by atoms with E-state index in [4.69, 9.17) is 0 Å². The lowest BCUT2D eigenvalue weighted by atomic mass is 10.2. The predicted molar refractivity (Wildman–Crippen MR) is 68.0 cm³/mol. The molecular weight excluding hydrogens is 284 g/mol. The fourth-order valence-corrected chi connectivity index (χ4v) is 1.66. The van der Waals surface area contributed by atoms with E-state index in [1.165, 1.54) is 12.3 Å². The Hall–Kier alpha value is -1.88. The maximum Gasteiger partial charge on any atom is 0.257 e. The van der Waals surface area contributed by atoms with Gasteiger partial charge in [-0.05, 0) is 30.3 Å². The first-order valence-corrected chi connectivity index (χ1v) is 5.66. The molecule has 1 aromatic carbocycles. The van der Waals surface area contributed by atoms with Gasteiger partial charge in [-0.25, -0.2) is 0 Å². The molecular formula is C12H9BrN2O2. The second-order valence-electron chi connectivity index (χ2n) is 3.36. The van der Waals surface area contributed by atoms with E-state index >= 15 is 0 Å². The van der Waals surface area contributed by atoms with Gasteiger partial charge in [0, 0.05) is 16.9 Å². The van der Waals surface area contributed by atoms with Gasteiger partial charge in [-0.3, -0.25) is 9.78 Å². The molecule has 0 aliphatic carbocycles. The molecule has 0 saturated heterocycles. The summed E-state index contributed by atoms with van der Waals surface area (Å²) in [5, 5.41) is 12.2. The first kappa shape index (κ1) is 11.6. The van der Waals surface area contributed by atoms with Crippen LogP contribution in [0.5, 0.6) is 5.75 Å². The number of carbonyl (C=O) groups is 1. The van der Waals surface area contributed by atoms with Gasteiger partial charge in [-0.15, -0.1) is 0 Å². The average molecular weight is 293 g/mol. The van der Waals surface area contributed by atoms with E-state index in [-0.39, 0.29) is 11.7 Å². The number of hydrogen-bond donors (Lipinski definition) is 2. The molecule has 2 N–H and O–H groups in total. The Morgan fingerprint density at radius 3 is 2.88 bits per heavy atom. The van der Waals surface area contributed by atoms with E-state index in [2.05, 4.69) is 26.2 Å². The van der Waals surface area contributed by atoms with Crippen LogP contribution >= 0.6 is 15.9 Å². The third-order valence-electron chi connectivity index (χ3n) is 2.13. The van der Waals surface area contributed by atoms with Crippen LogP contribution in [0.2, 0.25) is 0 Å². The fraction of sp³-hybridized carbons (Fsp3) is 0. The van der Waals surface area contributed by atoms with Crippen LogP contribution in [0.3, 0.4) is 0 Å². The number of nitrogens with one attached hydrogen (secondary N) is 1. The summed E-state index contributed by atoms with van der Waals surface area (Å²) in [5.41, 5.74) is 0.792. The molecule has 17 heavy (non-hydrogen) atoms. The molecule has 1 aromatic heterocycles. The molecule has 1 amide bonds. The number of phenols is 1. The number of carbonyl (C=O) groups excluding carboxylic acids is 1. The zero-order valence-corrected chi connectivity index (χ0v) is 10.3. The second kappa shape index (κ2) is 4.97. The van der Waals surface area contributed by atoms with Gasteiger partial charge < -0.3 is 10.4 Å². The Labute approximate surface area is 106 Å². The van der Waals surface area contributed by atoms with Gasteiger partial charge in [-0.2, -0.15) is 0 Å². The Bertz CT molecular complexity index is 543. The summed E-state index contributed by atoms with van der Waals surface area (Å²) < 4.78 is 0.775. The first-order valence-electron chi connectivity index (χ1n) is 4.87. The van der Waals surface area contributed by atoms with Crippen LogP contribution in [0.25, 0.3) is 0 Å². The third kappa shape index (κ3) is 2.82. The quantitative estimate of drug-likeness (QED) is 0.837. The number of aromatic hydroxyl groups is 1. The van der Waals surface area contributed by atoms with E-state index in [0.717, 1.165) is 4.47 Å². The normalized spacial score (nSPS) is 9.94. The number of anilines is 1. The van der Waals surface area contributed by atoms with Gasteiger partial charge in [0.2, 0.25) is 0 Å². The minimum atomic E-state index is -0.313. The number of nitrogens with zero attached hydrogens (tertiary/aromatic N) is 1. The number of phenolic OH excluding ortho intramolecular Hbond substituents is 1. The van der Waals surface area contributed by atoms with Crippen molar-refractivity contribution in [2.45, 2.75) is 0 Å². The van der Waals surface area contributed by atoms with Crippen molar-refractivity contribution in [3.05, 3.63) is 52.8 Å². The van der Waals surface area contributed by atoms with Gasteiger partial charge in [0.05, 0.1) is 11.3 Å². The second-order valence-corrected chi connectivity index (χ2v) is 4.27. The molecule has 0 saturated carbocycles. The Morgan fingerprint density at radius 2 is 2.18 bits per heavy atom. The summed E-state index contributed by atoms with van der Waals surface area (Å²) in [6.45, 7) is 0. The summed E-state index contributed by atoms with van der Waals surface area (Å²) in [4.78, 5) is 15.7. The van der Waals surface area contributed by atoms with Crippen LogP contribution in [0.4, 0.5) is 5.69 Å². The highest BCUT2D eigenvalue weighted by molar-refractivity contribution is 9.10. The molecule has 86 valence electrons. The highest BCUT2D eigenvalue weighted by atomic mass is 79.9. The molecule has 2 rings (SSSR count).